The number of hydrogen-bond acceptors (Lipinski definition) is 2. The lowest BCUT2D eigenvalue weighted by Crippen LogP contribution is -1.67. The maximum Gasteiger partial charge on any atom is 0.0476 e. The van der Waals surface area contributed by atoms with Gasteiger partial charge in [-0.05, 0) is 6.42 Å². The lowest BCUT2D eigenvalue weighted by Gasteiger charge is -1.73. The van der Waals surface area contributed by atoms with Crippen LogP contribution in [0.15, 0.2) is 4.36 Å². The van der Waals surface area contributed by atoms with Crippen molar-refractivity contribution in [2.75, 3.05) is 6.54 Å². The molecule has 0 radical (unpaired) electrons. The second kappa shape index (κ2) is 4.95. The Morgan fingerprint density at radius 2 is 2.50 bits per heavy atom. The van der Waals surface area contributed by atoms with E-state index in [2.05, 4.69) is 4.36 Å². The Morgan fingerprint density at radius 3 is 2.67 bits per heavy atom. The smallest absolute Gasteiger partial charge is 0.0476 e. The molecule has 0 spiro atoms. The highest BCUT2D eigenvalue weighted by Gasteiger charge is 1.64. The van der Waals surface area contributed by atoms with E-state index >= 15 is 0 Å². The van der Waals surface area contributed by atoms with Crippen molar-refractivity contribution < 1.29 is 4.21 Å². The van der Waals surface area contributed by atoms with E-state index in [-0.39, 0.29) is 0 Å². The van der Waals surface area contributed by atoms with Gasteiger partial charge in [0.2, 0.25) is 0 Å². The third-order valence-corrected chi connectivity index (χ3v) is 0.753. The molecule has 0 aliphatic carbocycles. The van der Waals surface area contributed by atoms with Crippen LogP contribution < -0.4 is 0 Å². The summed E-state index contributed by atoms with van der Waals surface area (Å²) in [7, 11) is 0. The zero-order chi connectivity index (χ0) is 4.83. The van der Waals surface area contributed by atoms with Crippen molar-refractivity contribution in [3.63, 3.8) is 0 Å². The lowest BCUT2D eigenvalue weighted by molar-refractivity contribution is 0.696. The first kappa shape index (κ1) is 5.95. The molecule has 0 N–H and O–H groups in total. The van der Waals surface area contributed by atoms with Crippen molar-refractivity contribution >= 4 is 11.5 Å². The fourth-order valence-electron chi connectivity index (χ4n) is 0.157. The van der Waals surface area contributed by atoms with Gasteiger partial charge in [-0.3, -0.25) is 4.21 Å². The summed E-state index contributed by atoms with van der Waals surface area (Å²) in [5.41, 5.74) is 0. The van der Waals surface area contributed by atoms with Crippen LogP contribution in [0.25, 0.3) is 0 Å². The molecule has 0 bridgehead atoms. The van der Waals surface area contributed by atoms with Crippen molar-refractivity contribution in [3.05, 3.63) is 0 Å². The molecule has 0 aliphatic rings. The molecule has 3 heteroatoms. The first-order valence-corrected chi connectivity index (χ1v) is 2.81. The molecule has 2 nitrogen and oxygen atoms in total. The molecular formula is C3H9NOS. The zero-order valence-corrected chi connectivity index (χ0v) is 4.77. The van der Waals surface area contributed by atoms with Crippen molar-refractivity contribution in [3.8, 4) is 0 Å². The highest BCUT2D eigenvalue weighted by atomic mass is 32.1. The van der Waals surface area contributed by atoms with E-state index in [0.29, 0.717) is 0 Å². The van der Waals surface area contributed by atoms with Crippen LogP contribution in [-0.2, 0) is 11.5 Å². The maximum absolute atomic E-state index is 9.55. The van der Waals surface area contributed by atoms with Crippen LogP contribution in [0.4, 0.5) is 0 Å². The fraction of sp³-hybridized carbons (Fsp3) is 1.00. The Balaban J connectivity index is 2.86. The van der Waals surface area contributed by atoms with Crippen LogP contribution in [0.1, 0.15) is 13.3 Å². The number of hydrogen-bond donors (Lipinski definition) is 0. The summed E-state index contributed by atoms with van der Waals surface area (Å²) >= 11 is -0.460. The molecule has 0 rings (SSSR count). The minimum atomic E-state index is -0.460. The van der Waals surface area contributed by atoms with Crippen molar-refractivity contribution in [2.45, 2.75) is 13.3 Å². The quantitative estimate of drug-likeness (QED) is 0.497. The fourth-order valence-corrected chi connectivity index (χ4v) is 0.472. The summed E-state index contributed by atoms with van der Waals surface area (Å²) in [6, 6.07) is 0. The minimum absolute atomic E-state index is 0.460. The normalized spacial score (nSPS) is 10.2. The van der Waals surface area contributed by atoms with E-state index in [0.717, 1.165) is 13.0 Å². The van der Waals surface area contributed by atoms with Crippen LogP contribution in [0.3, 0.4) is 0 Å². The molecule has 6 heavy (non-hydrogen) atoms. The molecule has 0 amide bonds. The first-order chi connectivity index (χ1) is 2.91. The van der Waals surface area contributed by atoms with Crippen molar-refractivity contribution in [2.24, 2.45) is 4.36 Å². The average molecular weight is 107 g/mol. The molecule has 38 valence electrons. The highest BCUT2D eigenvalue weighted by Crippen LogP contribution is 1.71. The standard InChI is InChI=1S/C3H9NOS/c1-2-3-4-6-5/h2-3,6H2,1H3. The van der Waals surface area contributed by atoms with E-state index in [1.165, 1.54) is 0 Å². The molecule has 0 heterocycles. The van der Waals surface area contributed by atoms with Gasteiger partial charge in [0.15, 0.2) is 0 Å². The van der Waals surface area contributed by atoms with Gasteiger partial charge in [0.1, 0.15) is 0 Å². The number of nitrogens with zero attached hydrogens (tertiary/aromatic N) is 1. The van der Waals surface area contributed by atoms with Gasteiger partial charge in [-0.2, -0.15) is 0 Å². The van der Waals surface area contributed by atoms with Gasteiger partial charge in [0, 0.05) is 18.0 Å². The van der Waals surface area contributed by atoms with Gasteiger partial charge in [0.05, 0.1) is 0 Å². The Kier molecular flexibility index (Phi) is 4.91. The molecule has 0 fully saturated rings. The van der Waals surface area contributed by atoms with E-state index in [1.54, 1.807) is 0 Å². The molecule has 0 aromatic carbocycles. The molecule has 0 unspecified atom stereocenters. The van der Waals surface area contributed by atoms with Gasteiger partial charge < -0.3 is 0 Å². The molecule has 0 aromatic rings. The van der Waals surface area contributed by atoms with Crippen molar-refractivity contribution in [1.82, 2.24) is 0 Å². The third kappa shape index (κ3) is 3.95. The molecular weight excluding hydrogens is 98.1 g/mol. The second-order valence-corrected chi connectivity index (χ2v) is 1.47. The van der Waals surface area contributed by atoms with E-state index in [9.17, 15) is 4.21 Å². The SMILES string of the molecule is CCCN=[SH2]=O. The Bertz CT molecular complexity index is 67.2. The molecule has 0 saturated carbocycles. The Hall–Kier alpha value is -0.0500. The van der Waals surface area contributed by atoms with Gasteiger partial charge in [-0.25, -0.2) is 4.36 Å². The molecule has 0 atom stereocenters. The first-order valence-electron chi connectivity index (χ1n) is 1.95. The summed E-state index contributed by atoms with van der Waals surface area (Å²) in [6.45, 7) is 2.74. The van der Waals surface area contributed by atoms with E-state index in [1.807, 2.05) is 6.92 Å². The Morgan fingerprint density at radius 1 is 1.83 bits per heavy atom. The van der Waals surface area contributed by atoms with Crippen LogP contribution >= 0.6 is 0 Å². The van der Waals surface area contributed by atoms with Crippen molar-refractivity contribution in [1.29, 1.82) is 0 Å². The van der Waals surface area contributed by atoms with Gasteiger partial charge in [-0.1, -0.05) is 6.92 Å². The van der Waals surface area contributed by atoms with E-state index < -0.39 is 11.5 Å². The lowest BCUT2D eigenvalue weighted by atomic mass is 10.5. The summed E-state index contributed by atoms with van der Waals surface area (Å²) in [6.07, 6.45) is 0.995. The third-order valence-electron chi connectivity index (χ3n) is 0.400. The predicted octanol–water partition coefficient (Wildman–Crippen LogP) is 0.258. The second-order valence-electron chi connectivity index (χ2n) is 0.973. The maximum atomic E-state index is 9.55. The number of rotatable bonds is 2. The molecule has 0 aliphatic heterocycles. The monoisotopic (exact) mass is 107 g/mol. The van der Waals surface area contributed by atoms with Crippen LogP contribution in [0, 0.1) is 0 Å². The molecule has 0 aromatic heterocycles. The van der Waals surface area contributed by atoms with Gasteiger partial charge >= 0.3 is 0 Å². The average Bonchev–Trinajstić information content (AvgIpc) is 1.61. The summed E-state index contributed by atoms with van der Waals surface area (Å²) in [5.74, 6) is 0. The van der Waals surface area contributed by atoms with Crippen LogP contribution in [0.5, 0.6) is 0 Å². The largest absolute Gasteiger partial charge is 0.256 e. The topological polar surface area (TPSA) is 29.4 Å². The molecule has 0 saturated heterocycles. The van der Waals surface area contributed by atoms with Crippen LogP contribution in [-0.4, -0.2) is 10.8 Å². The van der Waals surface area contributed by atoms with E-state index in [4.69, 9.17) is 0 Å². The van der Waals surface area contributed by atoms with Crippen LogP contribution in [0.2, 0.25) is 0 Å². The summed E-state index contributed by atoms with van der Waals surface area (Å²) in [4.78, 5) is 0. The summed E-state index contributed by atoms with van der Waals surface area (Å²) < 4.78 is 13.1. The minimum Gasteiger partial charge on any atom is -0.256 e. The van der Waals surface area contributed by atoms with Gasteiger partial charge in [-0.15, -0.1) is 0 Å². The highest BCUT2D eigenvalue weighted by molar-refractivity contribution is 7.54. The zero-order valence-electron chi connectivity index (χ0n) is 3.77. The summed E-state index contributed by atoms with van der Waals surface area (Å²) in [5, 5.41) is 0. The predicted molar refractivity (Wildman–Crippen MR) is 28.5 cm³/mol. The Labute approximate surface area is 40.8 Å². The van der Waals surface area contributed by atoms with Gasteiger partial charge in [0.25, 0.3) is 0 Å².